The molecule has 0 bridgehead atoms. The number of nitrogens with zero attached hydrogens (tertiary/aromatic N) is 1. The van der Waals surface area contributed by atoms with Crippen molar-refractivity contribution in [2.45, 2.75) is 37.4 Å². The standard InChI is InChI=1S/C18H23N3O4S2/c1-12-9-13(2)20-18(23)15(12)10-19-17(22)14-5-3-7-21(11-14)27(24,25)16-6-4-8-26-16/h4,6,8-9,14H,3,5,7,10-11H2,1-2H3,(H,19,22)(H,20,23)/t14-/m0/s1. The second-order valence-corrected chi connectivity index (χ2v) is 9.91. The third-order valence-electron chi connectivity index (χ3n) is 4.78. The maximum Gasteiger partial charge on any atom is 0.253 e. The van der Waals surface area contributed by atoms with E-state index in [1.165, 1.54) is 15.6 Å². The number of sulfonamides is 1. The number of carbonyl (C=O) groups is 1. The lowest BCUT2D eigenvalue weighted by molar-refractivity contribution is -0.126. The molecule has 1 fully saturated rings. The molecular weight excluding hydrogens is 386 g/mol. The van der Waals surface area contributed by atoms with Gasteiger partial charge in [-0.3, -0.25) is 9.59 Å². The summed E-state index contributed by atoms with van der Waals surface area (Å²) in [6, 6.07) is 5.14. The summed E-state index contributed by atoms with van der Waals surface area (Å²) in [5.74, 6) is -0.640. The lowest BCUT2D eigenvalue weighted by Crippen LogP contribution is -2.45. The molecule has 0 radical (unpaired) electrons. The number of aromatic amines is 1. The Hall–Kier alpha value is -1.97. The van der Waals surface area contributed by atoms with Gasteiger partial charge in [0.1, 0.15) is 4.21 Å². The van der Waals surface area contributed by atoms with Gasteiger partial charge in [-0.05, 0) is 49.8 Å². The maximum absolute atomic E-state index is 12.7. The van der Waals surface area contributed by atoms with Crippen LogP contribution in [0, 0.1) is 19.8 Å². The number of carbonyl (C=O) groups excluding carboxylic acids is 1. The predicted molar refractivity (Wildman–Crippen MR) is 104 cm³/mol. The van der Waals surface area contributed by atoms with E-state index in [0.29, 0.717) is 29.2 Å². The molecule has 0 saturated carbocycles. The van der Waals surface area contributed by atoms with Crippen LogP contribution in [0.4, 0.5) is 0 Å². The van der Waals surface area contributed by atoms with Gasteiger partial charge in [-0.15, -0.1) is 11.3 Å². The quantitative estimate of drug-likeness (QED) is 0.786. The zero-order chi connectivity index (χ0) is 19.6. The molecule has 0 aromatic carbocycles. The molecule has 1 aliphatic heterocycles. The zero-order valence-electron chi connectivity index (χ0n) is 15.3. The van der Waals surface area contributed by atoms with Crippen molar-refractivity contribution >= 4 is 27.3 Å². The average molecular weight is 410 g/mol. The minimum Gasteiger partial charge on any atom is -0.352 e. The highest BCUT2D eigenvalue weighted by atomic mass is 32.2. The van der Waals surface area contributed by atoms with Crippen molar-refractivity contribution in [1.29, 1.82) is 0 Å². The lowest BCUT2D eigenvalue weighted by atomic mass is 9.98. The molecule has 2 aromatic heterocycles. The Morgan fingerprint density at radius 1 is 1.41 bits per heavy atom. The fraction of sp³-hybridized carbons (Fsp3) is 0.444. The second kappa shape index (κ2) is 7.95. The number of nitrogens with one attached hydrogen (secondary N) is 2. The molecule has 0 unspecified atom stereocenters. The van der Waals surface area contributed by atoms with Crippen molar-refractivity contribution in [2.24, 2.45) is 5.92 Å². The van der Waals surface area contributed by atoms with Crippen molar-refractivity contribution in [3.05, 3.63) is 50.8 Å². The van der Waals surface area contributed by atoms with Gasteiger partial charge in [0.2, 0.25) is 5.91 Å². The molecule has 146 valence electrons. The van der Waals surface area contributed by atoms with Crippen LogP contribution in [-0.4, -0.2) is 36.7 Å². The van der Waals surface area contributed by atoms with Gasteiger partial charge in [-0.25, -0.2) is 8.42 Å². The Morgan fingerprint density at radius 2 is 2.19 bits per heavy atom. The Kier molecular flexibility index (Phi) is 5.83. The van der Waals surface area contributed by atoms with E-state index < -0.39 is 15.9 Å². The van der Waals surface area contributed by atoms with Crippen LogP contribution in [0.1, 0.15) is 29.7 Å². The van der Waals surface area contributed by atoms with Gasteiger partial charge >= 0.3 is 0 Å². The summed E-state index contributed by atoms with van der Waals surface area (Å²) in [4.78, 5) is 27.4. The highest BCUT2D eigenvalue weighted by Gasteiger charge is 2.33. The number of hydrogen-bond acceptors (Lipinski definition) is 5. The number of pyridine rings is 1. The summed E-state index contributed by atoms with van der Waals surface area (Å²) < 4.78 is 27.0. The number of hydrogen-bond donors (Lipinski definition) is 2. The fourth-order valence-electron chi connectivity index (χ4n) is 3.33. The van der Waals surface area contributed by atoms with Crippen LogP contribution in [0.15, 0.2) is 32.6 Å². The first kappa shape index (κ1) is 19.8. The minimum atomic E-state index is -3.55. The normalized spacial score (nSPS) is 18.4. The number of aromatic nitrogens is 1. The van der Waals surface area contributed by atoms with Gasteiger partial charge in [0.15, 0.2) is 0 Å². The van der Waals surface area contributed by atoms with Crippen LogP contribution in [0.2, 0.25) is 0 Å². The molecule has 0 spiro atoms. The summed E-state index contributed by atoms with van der Waals surface area (Å²) >= 11 is 1.18. The number of rotatable bonds is 5. The van der Waals surface area contributed by atoms with E-state index in [2.05, 4.69) is 10.3 Å². The van der Waals surface area contributed by atoms with Crippen molar-refractivity contribution in [1.82, 2.24) is 14.6 Å². The van der Waals surface area contributed by atoms with Gasteiger partial charge in [0, 0.05) is 30.9 Å². The Bertz CT molecular complexity index is 981. The van der Waals surface area contributed by atoms with E-state index in [-0.39, 0.29) is 24.6 Å². The Balaban J connectivity index is 1.66. The third kappa shape index (κ3) is 4.31. The van der Waals surface area contributed by atoms with Gasteiger partial charge in [-0.1, -0.05) is 6.07 Å². The van der Waals surface area contributed by atoms with E-state index in [1.54, 1.807) is 24.4 Å². The summed E-state index contributed by atoms with van der Waals surface area (Å²) in [5.41, 5.74) is 1.91. The van der Waals surface area contributed by atoms with E-state index in [1.807, 2.05) is 13.0 Å². The van der Waals surface area contributed by atoms with E-state index in [9.17, 15) is 18.0 Å². The molecular formula is C18H23N3O4S2. The van der Waals surface area contributed by atoms with Crippen LogP contribution in [0.5, 0.6) is 0 Å². The molecule has 1 atom stereocenters. The van der Waals surface area contributed by atoms with Crippen molar-refractivity contribution < 1.29 is 13.2 Å². The first-order valence-electron chi connectivity index (χ1n) is 8.80. The third-order valence-corrected chi connectivity index (χ3v) is 8.02. The van der Waals surface area contributed by atoms with Crippen LogP contribution in [-0.2, 0) is 21.4 Å². The van der Waals surface area contributed by atoms with Gasteiger partial charge < -0.3 is 10.3 Å². The average Bonchev–Trinajstić information content (AvgIpc) is 3.16. The monoisotopic (exact) mass is 409 g/mol. The molecule has 2 aromatic rings. The molecule has 9 heteroatoms. The molecule has 1 saturated heterocycles. The van der Waals surface area contributed by atoms with E-state index in [4.69, 9.17) is 0 Å². The van der Waals surface area contributed by atoms with Gasteiger partial charge in [-0.2, -0.15) is 4.31 Å². The molecule has 3 rings (SSSR count). The zero-order valence-corrected chi connectivity index (χ0v) is 17.0. The summed E-state index contributed by atoms with van der Waals surface area (Å²) in [6.07, 6.45) is 1.26. The number of piperidine rings is 1. The van der Waals surface area contributed by atoms with Crippen LogP contribution in [0.3, 0.4) is 0 Å². The highest BCUT2D eigenvalue weighted by molar-refractivity contribution is 7.91. The van der Waals surface area contributed by atoms with Crippen molar-refractivity contribution in [2.75, 3.05) is 13.1 Å². The van der Waals surface area contributed by atoms with E-state index >= 15 is 0 Å². The summed E-state index contributed by atoms with van der Waals surface area (Å²) in [6.45, 7) is 4.35. The highest BCUT2D eigenvalue weighted by Crippen LogP contribution is 2.26. The first-order valence-corrected chi connectivity index (χ1v) is 11.1. The second-order valence-electron chi connectivity index (χ2n) is 6.80. The van der Waals surface area contributed by atoms with Crippen LogP contribution < -0.4 is 10.9 Å². The lowest BCUT2D eigenvalue weighted by Gasteiger charge is -2.30. The Morgan fingerprint density at radius 3 is 2.85 bits per heavy atom. The maximum atomic E-state index is 12.7. The molecule has 2 N–H and O–H groups in total. The molecule has 1 amide bonds. The van der Waals surface area contributed by atoms with Crippen molar-refractivity contribution in [3.63, 3.8) is 0 Å². The molecule has 0 aliphatic carbocycles. The molecule has 3 heterocycles. The summed E-state index contributed by atoms with van der Waals surface area (Å²) in [7, 11) is -3.55. The number of H-pyrrole nitrogens is 1. The number of amides is 1. The first-order chi connectivity index (χ1) is 12.8. The topological polar surface area (TPSA) is 99.3 Å². The minimum absolute atomic E-state index is 0.133. The molecule has 27 heavy (non-hydrogen) atoms. The summed E-state index contributed by atoms with van der Waals surface area (Å²) in [5, 5.41) is 4.52. The van der Waals surface area contributed by atoms with Crippen LogP contribution in [0.25, 0.3) is 0 Å². The SMILES string of the molecule is Cc1cc(C)c(CNC(=O)[C@H]2CCCN(S(=O)(=O)c3cccs3)C2)c(=O)[nH]1. The Labute approximate surface area is 162 Å². The predicted octanol–water partition coefficient (Wildman–Crippen LogP) is 1.77. The van der Waals surface area contributed by atoms with Crippen molar-refractivity contribution in [3.8, 4) is 0 Å². The van der Waals surface area contributed by atoms with Gasteiger partial charge in [0.25, 0.3) is 15.6 Å². The van der Waals surface area contributed by atoms with E-state index in [0.717, 1.165) is 11.3 Å². The molecule has 7 nitrogen and oxygen atoms in total. The van der Waals surface area contributed by atoms with Gasteiger partial charge in [0.05, 0.1) is 5.92 Å². The number of thiophene rings is 1. The molecule has 1 aliphatic rings. The van der Waals surface area contributed by atoms with Crippen LogP contribution >= 0.6 is 11.3 Å². The largest absolute Gasteiger partial charge is 0.352 e. The fourth-order valence-corrected chi connectivity index (χ4v) is 6.00. The number of aryl methyl sites for hydroxylation is 2. The smallest absolute Gasteiger partial charge is 0.253 e.